The zero-order chi connectivity index (χ0) is 11.3. The Hall–Kier alpha value is -0.830. The Morgan fingerprint density at radius 1 is 1.47 bits per heavy atom. The first kappa shape index (κ1) is 12.2. The van der Waals surface area contributed by atoms with Gasteiger partial charge in [0.1, 0.15) is 0 Å². The topological polar surface area (TPSA) is 27.1 Å². The number of ether oxygens (including phenoxy) is 1. The summed E-state index contributed by atoms with van der Waals surface area (Å²) in [4.78, 5) is 0. The molecule has 1 aliphatic heterocycles. The molecule has 1 unspecified atom stereocenters. The molecule has 0 saturated carbocycles. The molecule has 1 fully saturated rings. The molecule has 0 aromatic carbocycles. The highest BCUT2D eigenvalue weighted by atomic mass is 16.5. The first-order valence-electron chi connectivity index (χ1n) is 5.90. The van der Waals surface area contributed by atoms with Crippen molar-refractivity contribution in [3.8, 4) is 0 Å². The fourth-order valence-corrected chi connectivity index (χ4v) is 1.59. The smallest absolute Gasteiger partial charge is 0.0774 e. The first-order valence-corrected chi connectivity index (χ1v) is 5.90. The van der Waals surface area contributed by atoms with Crippen LogP contribution in [0.1, 0.15) is 51.8 Å². The minimum atomic E-state index is 0.465. The molecule has 0 aliphatic carbocycles. The quantitative estimate of drug-likeness (QED) is 0.750. The summed E-state index contributed by atoms with van der Waals surface area (Å²) >= 11 is 0. The number of hydrogen-bond acceptors (Lipinski definition) is 2. The standard InChI is InChI=1S/C10H16N2O.C2H6/c1-8(2)10-3-5-12(11-10)9-4-6-13-7-9;1-2/h3,5,8-9H,4,6-7H2,1-2H3;1-2H3. The summed E-state index contributed by atoms with van der Waals surface area (Å²) in [5.74, 6) is 0.517. The van der Waals surface area contributed by atoms with Crippen molar-refractivity contribution in [2.75, 3.05) is 13.2 Å². The molecular formula is C12H22N2O. The van der Waals surface area contributed by atoms with Crippen molar-refractivity contribution in [3.05, 3.63) is 18.0 Å². The number of nitrogens with zero attached hydrogens (tertiary/aromatic N) is 2. The van der Waals surface area contributed by atoms with Crippen LogP contribution in [-0.2, 0) is 4.74 Å². The molecule has 2 heterocycles. The Balaban J connectivity index is 0.000000531. The Morgan fingerprint density at radius 2 is 2.20 bits per heavy atom. The lowest BCUT2D eigenvalue weighted by Gasteiger charge is -2.07. The first-order chi connectivity index (χ1) is 7.27. The zero-order valence-corrected chi connectivity index (χ0v) is 10.2. The second-order valence-electron chi connectivity index (χ2n) is 3.89. The third-order valence-electron chi connectivity index (χ3n) is 2.50. The highest BCUT2D eigenvalue weighted by molar-refractivity contribution is 5.04. The highest BCUT2D eigenvalue weighted by Gasteiger charge is 2.18. The van der Waals surface area contributed by atoms with E-state index in [4.69, 9.17) is 4.74 Å². The third-order valence-corrected chi connectivity index (χ3v) is 2.50. The second kappa shape index (κ2) is 5.91. The van der Waals surface area contributed by atoms with E-state index in [0.29, 0.717) is 12.0 Å². The van der Waals surface area contributed by atoms with Gasteiger partial charge in [0.05, 0.1) is 18.3 Å². The molecule has 1 saturated heterocycles. The van der Waals surface area contributed by atoms with Crippen LogP contribution in [0.3, 0.4) is 0 Å². The lowest BCUT2D eigenvalue weighted by Crippen LogP contribution is -2.09. The molecule has 0 amide bonds. The van der Waals surface area contributed by atoms with E-state index in [1.807, 2.05) is 18.5 Å². The fraction of sp³-hybridized carbons (Fsp3) is 0.750. The molecule has 1 aromatic heterocycles. The zero-order valence-electron chi connectivity index (χ0n) is 10.2. The van der Waals surface area contributed by atoms with E-state index < -0.39 is 0 Å². The van der Waals surface area contributed by atoms with Gasteiger partial charge < -0.3 is 4.74 Å². The molecule has 2 rings (SSSR count). The van der Waals surface area contributed by atoms with Gasteiger partial charge in [0.15, 0.2) is 0 Å². The maximum atomic E-state index is 5.32. The van der Waals surface area contributed by atoms with Crippen LogP contribution in [0.5, 0.6) is 0 Å². The fourth-order valence-electron chi connectivity index (χ4n) is 1.59. The summed E-state index contributed by atoms with van der Waals surface area (Å²) in [6.07, 6.45) is 3.16. The van der Waals surface area contributed by atoms with E-state index >= 15 is 0 Å². The van der Waals surface area contributed by atoms with Gasteiger partial charge in [-0.1, -0.05) is 27.7 Å². The van der Waals surface area contributed by atoms with Crippen LogP contribution in [0.15, 0.2) is 12.3 Å². The molecule has 0 radical (unpaired) electrons. The van der Waals surface area contributed by atoms with E-state index in [2.05, 4.69) is 31.2 Å². The Bertz CT molecular complexity index is 275. The molecule has 86 valence electrons. The van der Waals surface area contributed by atoms with Crippen molar-refractivity contribution in [1.29, 1.82) is 0 Å². The Kier molecular flexibility index (Phi) is 4.82. The van der Waals surface area contributed by atoms with Gasteiger partial charge in [-0.25, -0.2) is 0 Å². The SMILES string of the molecule is CC.CC(C)c1ccn(C2CCOC2)n1. The average Bonchev–Trinajstić information content (AvgIpc) is 2.91. The summed E-state index contributed by atoms with van der Waals surface area (Å²) in [6, 6.07) is 2.57. The number of hydrogen-bond donors (Lipinski definition) is 0. The van der Waals surface area contributed by atoms with E-state index in [1.54, 1.807) is 0 Å². The number of aromatic nitrogens is 2. The van der Waals surface area contributed by atoms with Gasteiger partial charge in [-0.3, -0.25) is 4.68 Å². The molecule has 1 aromatic rings. The van der Waals surface area contributed by atoms with Crippen LogP contribution in [0.4, 0.5) is 0 Å². The summed E-state index contributed by atoms with van der Waals surface area (Å²) in [5, 5.41) is 4.53. The average molecular weight is 210 g/mol. The van der Waals surface area contributed by atoms with Crippen molar-refractivity contribution in [2.45, 2.75) is 46.1 Å². The van der Waals surface area contributed by atoms with Crippen LogP contribution in [0, 0.1) is 0 Å². The molecule has 15 heavy (non-hydrogen) atoms. The van der Waals surface area contributed by atoms with Gasteiger partial charge in [-0.05, 0) is 18.4 Å². The lowest BCUT2D eigenvalue weighted by atomic mass is 10.1. The minimum absolute atomic E-state index is 0.465. The predicted octanol–water partition coefficient (Wildman–Crippen LogP) is 2.99. The largest absolute Gasteiger partial charge is 0.379 e. The predicted molar refractivity (Wildman–Crippen MR) is 62.1 cm³/mol. The summed E-state index contributed by atoms with van der Waals surface area (Å²) < 4.78 is 7.36. The minimum Gasteiger partial charge on any atom is -0.379 e. The van der Waals surface area contributed by atoms with E-state index in [1.165, 1.54) is 5.69 Å². The maximum absolute atomic E-state index is 5.32. The summed E-state index contributed by atoms with van der Waals surface area (Å²) in [5.41, 5.74) is 1.17. The van der Waals surface area contributed by atoms with Crippen LogP contribution >= 0.6 is 0 Å². The maximum Gasteiger partial charge on any atom is 0.0774 e. The van der Waals surface area contributed by atoms with Crippen molar-refractivity contribution >= 4 is 0 Å². The molecular weight excluding hydrogens is 188 g/mol. The molecule has 0 bridgehead atoms. The lowest BCUT2D eigenvalue weighted by molar-refractivity contribution is 0.184. The molecule has 0 N–H and O–H groups in total. The molecule has 1 aliphatic rings. The monoisotopic (exact) mass is 210 g/mol. The molecule has 3 nitrogen and oxygen atoms in total. The Morgan fingerprint density at radius 3 is 2.67 bits per heavy atom. The van der Waals surface area contributed by atoms with E-state index in [-0.39, 0.29) is 0 Å². The van der Waals surface area contributed by atoms with Crippen molar-refractivity contribution in [2.24, 2.45) is 0 Å². The van der Waals surface area contributed by atoms with E-state index in [0.717, 1.165) is 19.6 Å². The molecule has 0 spiro atoms. The van der Waals surface area contributed by atoms with Gasteiger partial charge in [-0.15, -0.1) is 0 Å². The van der Waals surface area contributed by atoms with Gasteiger partial charge >= 0.3 is 0 Å². The highest BCUT2D eigenvalue weighted by Crippen LogP contribution is 2.19. The summed E-state index contributed by atoms with van der Waals surface area (Å²) in [7, 11) is 0. The van der Waals surface area contributed by atoms with E-state index in [9.17, 15) is 0 Å². The van der Waals surface area contributed by atoms with Crippen molar-refractivity contribution in [3.63, 3.8) is 0 Å². The van der Waals surface area contributed by atoms with Crippen LogP contribution in [-0.4, -0.2) is 23.0 Å². The van der Waals surface area contributed by atoms with Gasteiger partial charge in [0, 0.05) is 12.8 Å². The second-order valence-corrected chi connectivity index (χ2v) is 3.89. The third kappa shape index (κ3) is 3.06. The normalized spacial score (nSPS) is 20.2. The summed E-state index contributed by atoms with van der Waals surface area (Å²) in [6.45, 7) is 10.0. The molecule has 1 atom stereocenters. The Labute approximate surface area is 92.4 Å². The van der Waals surface area contributed by atoms with Crippen molar-refractivity contribution in [1.82, 2.24) is 9.78 Å². The number of rotatable bonds is 2. The van der Waals surface area contributed by atoms with Gasteiger partial charge in [0.25, 0.3) is 0 Å². The van der Waals surface area contributed by atoms with Gasteiger partial charge in [0.2, 0.25) is 0 Å². The van der Waals surface area contributed by atoms with Crippen molar-refractivity contribution < 1.29 is 4.74 Å². The van der Waals surface area contributed by atoms with Gasteiger partial charge in [-0.2, -0.15) is 5.10 Å². The molecule has 3 heteroatoms. The van der Waals surface area contributed by atoms with Crippen LogP contribution in [0.25, 0.3) is 0 Å². The van der Waals surface area contributed by atoms with Crippen LogP contribution < -0.4 is 0 Å². The van der Waals surface area contributed by atoms with Crippen LogP contribution in [0.2, 0.25) is 0 Å².